The van der Waals surface area contributed by atoms with Crippen LogP contribution in [0.4, 0.5) is 0 Å². The lowest BCUT2D eigenvalue weighted by Gasteiger charge is -2.40. The average molecular weight is 211 g/mol. The number of fused-ring (bicyclic) bond motifs is 2. The van der Waals surface area contributed by atoms with E-state index in [1.54, 1.807) is 0 Å². The van der Waals surface area contributed by atoms with E-state index >= 15 is 0 Å². The van der Waals surface area contributed by atoms with Crippen molar-refractivity contribution in [3.05, 3.63) is 0 Å². The Hall–Kier alpha value is -0.570. The van der Waals surface area contributed by atoms with Crippen LogP contribution in [0.25, 0.3) is 0 Å². The van der Waals surface area contributed by atoms with Gasteiger partial charge in [-0.05, 0) is 42.4 Å². The summed E-state index contributed by atoms with van der Waals surface area (Å²) in [6.45, 7) is 4.51. The third-order valence-electron chi connectivity index (χ3n) is 5.43. The molecule has 0 heterocycles. The molecule has 15 heavy (non-hydrogen) atoms. The van der Waals surface area contributed by atoms with Crippen molar-refractivity contribution in [1.82, 2.24) is 0 Å². The lowest BCUT2D eigenvalue weighted by Crippen LogP contribution is -2.42. The number of carboxylic acids is 1. The van der Waals surface area contributed by atoms with Crippen molar-refractivity contribution in [3.8, 4) is 0 Å². The minimum atomic E-state index is -0.681. The molecule has 0 aliphatic heterocycles. The minimum absolute atomic E-state index is 0.158. The van der Waals surface area contributed by atoms with E-state index in [9.17, 15) is 4.79 Å². The molecule has 0 unspecified atom stereocenters. The average Bonchev–Trinajstić information content (AvgIpc) is 2.50. The number of rotatable bonds is 3. The molecule has 3 N–H and O–H groups in total. The molecule has 2 fully saturated rings. The Morgan fingerprint density at radius 2 is 2.20 bits per heavy atom. The molecule has 0 aromatic carbocycles. The highest BCUT2D eigenvalue weighted by molar-refractivity contribution is 5.66. The minimum Gasteiger partial charge on any atom is -0.481 e. The normalized spacial score (nSPS) is 48.5. The van der Waals surface area contributed by atoms with Crippen molar-refractivity contribution in [2.75, 3.05) is 0 Å². The van der Waals surface area contributed by atoms with Crippen LogP contribution in [0.5, 0.6) is 0 Å². The maximum absolute atomic E-state index is 10.7. The Morgan fingerprint density at radius 1 is 1.53 bits per heavy atom. The Morgan fingerprint density at radius 3 is 2.60 bits per heavy atom. The summed E-state index contributed by atoms with van der Waals surface area (Å²) < 4.78 is 0. The maximum Gasteiger partial charge on any atom is 0.303 e. The molecule has 0 aromatic rings. The van der Waals surface area contributed by atoms with Gasteiger partial charge in [-0.2, -0.15) is 0 Å². The summed E-state index contributed by atoms with van der Waals surface area (Å²) in [5, 5.41) is 8.80. The number of nitrogens with two attached hydrogens (primary N) is 1. The van der Waals surface area contributed by atoms with Gasteiger partial charge in [0.15, 0.2) is 0 Å². The summed E-state index contributed by atoms with van der Waals surface area (Å²) in [4.78, 5) is 10.7. The van der Waals surface area contributed by atoms with Gasteiger partial charge in [0.05, 0.1) is 0 Å². The first-order valence-corrected chi connectivity index (χ1v) is 5.87. The molecular formula is C12H21NO2. The number of carboxylic acid groups (broad SMARTS) is 1. The molecule has 0 aromatic heterocycles. The Kier molecular flexibility index (Phi) is 2.34. The first-order valence-electron chi connectivity index (χ1n) is 5.87. The highest BCUT2D eigenvalue weighted by atomic mass is 16.4. The molecule has 2 saturated carbocycles. The number of hydrogen-bond acceptors (Lipinski definition) is 2. The van der Waals surface area contributed by atoms with Gasteiger partial charge < -0.3 is 10.8 Å². The highest BCUT2D eigenvalue weighted by Crippen LogP contribution is 2.66. The topological polar surface area (TPSA) is 63.3 Å². The third-order valence-corrected chi connectivity index (χ3v) is 5.43. The van der Waals surface area contributed by atoms with Crippen molar-refractivity contribution >= 4 is 5.97 Å². The van der Waals surface area contributed by atoms with Crippen molar-refractivity contribution in [2.24, 2.45) is 22.5 Å². The molecule has 2 aliphatic rings. The Balaban J connectivity index is 2.17. The molecule has 2 rings (SSSR count). The molecule has 0 saturated heterocycles. The first kappa shape index (κ1) is 10.9. The van der Waals surface area contributed by atoms with Gasteiger partial charge in [-0.15, -0.1) is 0 Å². The third kappa shape index (κ3) is 1.32. The van der Waals surface area contributed by atoms with E-state index in [0.29, 0.717) is 5.92 Å². The van der Waals surface area contributed by atoms with Gasteiger partial charge in [0.25, 0.3) is 0 Å². The van der Waals surface area contributed by atoms with Crippen LogP contribution in [0.15, 0.2) is 0 Å². The van der Waals surface area contributed by atoms with E-state index in [1.165, 1.54) is 12.8 Å². The van der Waals surface area contributed by atoms with Gasteiger partial charge in [-0.3, -0.25) is 4.79 Å². The van der Waals surface area contributed by atoms with Crippen LogP contribution in [-0.4, -0.2) is 17.1 Å². The summed E-state index contributed by atoms with van der Waals surface area (Å²) in [6, 6.07) is 0.273. The lowest BCUT2D eigenvalue weighted by atomic mass is 9.65. The fraction of sp³-hybridized carbons (Fsp3) is 0.917. The van der Waals surface area contributed by atoms with Crippen molar-refractivity contribution in [3.63, 3.8) is 0 Å². The summed E-state index contributed by atoms with van der Waals surface area (Å²) >= 11 is 0. The van der Waals surface area contributed by atoms with Gasteiger partial charge in [0, 0.05) is 12.5 Å². The number of aliphatic carboxylic acids is 1. The predicted octanol–water partition coefficient (Wildman–Crippen LogP) is 2.00. The standard InChI is InChI=1S/C12H21NO2/c1-11(6-4-10(14)15)8-3-5-12(11,2)9(13)7-8/h8-9H,3-7,13H2,1-2H3,(H,14,15)/t8-,9+,11+,12+/m0/s1. The molecule has 0 radical (unpaired) electrons. The van der Waals surface area contributed by atoms with E-state index in [1.807, 2.05) is 0 Å². The van der Waals surface area contributed by atoms with Crippen LogP contribution in [-0.2, 0) is 4.79 Å². The van der Waals surface area contributed by atoms with E-state index < -0.39 is 5.97 Å². The van der Waals surface area contributed by atoms with Gasteiger partial charge in [-0.25, -0.2) is 0 Å². The fourth-order valence-electron chi connectivity index (χ4n) is 3.95. The van der Waals surface area contributed by atoms with E-state index in [2.05, 4.69) is 13.8 Å². The first-order chi connectivity index (χ1) is 6.90. The highest BCUT2D eigenvalue weighted by Gasteiger charge is 2.62. The molecule has 3 heteroatoms. The van der Waals surface area contributed by atoms with Crippen LogP contribution in [0, 0.1) is 16.7 Å². The van der Waals surface area contributed by atoms with Crippen LogP contribution >= 0.6 is 0 Å². The van der Waals surface area contributed by atoms with E-state index in [4.69, 9.17) is 10.8 Å². The summed E-state index contributed by atoms with van der Waals surface area (Å²) in [7, 11) is 0. The second-order valence-corrected chi connectivity index (χ2v) is 5.81. The molecule has 0 amide bonds. The molecule has 0 spiro atoms. The zero-order chi connectivity index (χ0) is 11.3. The van der Waals surface area contributed by atoms with Crippen LogP contribution in [0.2, 0.25) is 0 Å². The van der Waals surface area contributed by atoms with Crippen LogP contribution in [0.1, 0.15) is 46.0 Å². The summed E-state index contributed by atoms with van der Waals surface area (Å²) in [6.07, 6.45) is 4.58. The number of hydrogen-bond donors (Lipinski definition) is 2. The number of carbonyl (C=O) groups is 1. The molecule has 3 nitrogen and oxygen atoms in total. The second kappa shape index (κ2) is 3.21. The molecule has 86 valence electrons. The molecule has 2 aliphatic carbocycles. The smallest absolute Gasteiger partial charge is 0.303 e. The van der Waals surface area contributed by atoms with Gasteiger partial charge in [0.1, 0.15) is 0 Å². The maximum atomic E-state index is 10.7. The van der Waals surface area contributed by atoms with Crippen molar-refractivity contribution in [1.29, 1.82) is 0 Å². The molecule has 2 bridgehead atoms. The van der Waals surface area contributed by atoms with Crippen LogP contribution < -0.4 is 5.73 Å². The fourth-order valence-corrected chi connectivity index (χ4v) is 3.95. The SMILES string of the molecule is C[C@@]1(CCC(=O)O)[C@H]2CC[C@]1(C)[C@H](N)C2. The Bertz CT molecular complexity index is 291. The monoisotopic (exact) mass is 211 g/mol. The summed E-state index contributed by atoms with van der Waals surface area (Å²) in [5.74, 6) is -0.0310. The van der Waals surface area contributed by atoms with Crippen LogP contribution in [0.3, 0.4) is 0 Å². The van der Waals surface area contributed by atoms with E-state index in [-0.39, 0.29) is 23.3 Å². The predicted molar refractivity (Wildman–Crippen MR) is 58.4 cm³/mol. The van der Waals surface area contributed by atoms with Crippen molar-refractivity contribution < 1.29 is 9.90 Å². The van der Waals surface area contributed by atoms with Gasteiger partial charge in [-0.1, -0.05) is 13.8 Å². The quantitative estimate of drug-likeness (QED) is 0.750. The largest absolute Gasteiger partial charge is 0.481 e. The Labute approximate surface area is 91.0 Å². The zero-order valence-corrected chi connectivity index (χ0v) is 9.62. The van der Waals surface area contributed by atoms with Gasteiger partial charge in [0.2, 0.25) is 0 Å². The molecular weight excluding hydrogens is 190 g/mol. The zero-order valence-electron chi connectivity index (χ0n) is 9.62. The lowest BCUT2D eigenvalue weighted by molar-refractivity contribution is -0.138. The van der Waals surface area contributed by atoms with E-state index in [0.717, 1.165) is 12.8 Å². The second-order valence-electron chi connectivity index (χ2n) is 5.81. The molecule has 4 atom stereocenters. The van der Waals surface area contributed by atoms with Crippen molar-refractivity contribution in [2.45, 2.75) is 52.0 Å². The summed E-state index contributed by atoms with van der Waals surface area (Å²) in [5.41, 5.74) is 6.52. The van der Waals surface area contributed by atoms with Gasteiger partial charge >= 0.3 is 5.97 Å².